The molecular weight excluding hydrogens is 300 g/mol. The molecule has 0 aliphatic rings. The summed E-state index contributed by atoms with van der Waals surface area (Å²) in [5, 5.41) is 39.9. The Morgan fingerprint density at radius 3 is 2.29 bits per heavy atom. The fourth-order valence-electron chi connectivity index (χ4n) is 1.19. The molecule has 0 saturated heterocycles. The molecule has 2 heterocycles. The summed E-state index contributed by atoms with van der Waals surface area (Å²) in [6.07, 6.45) is -2.47. The van der Waals surface area contributed by atoms with Crippen molar-refractivity contribution in [3.8, 4) is 11.5 Å². The van der Waals surface area contributed by atoms with E-state index in [4.69, 9.17) is 0 Å². The average molecular weight is 302 g/mol. The van der Waals surface area contributed by atoms with Crippen molar-refractivity contribution >= 4 is 5.82 Å². The Kier molecular flexibility index (Phi) is 3.33. The zero-order valence-electron chi connectivity index (χ0n) is 9.47. The Balaban J connectivity index is 2.36. The molecule has 110 valence electrons. The molecule has 0 saturated carbocycles. The van der Waals surface area contributed by atoms with Crippen LogP contribution in [-0.2, 0) is 0 Å². The summed E-state index contributed by atoms with van der Waals surface area (Å²) >= 11 is 0. The Hall–Kier alpha value is -3.72. The van der Waals surface area contributed by atoms with Gasteiger partial charge < -0.3 is 4.52 Å². The van der Waals surface area contributed by atoms with Crippen LogP contribution in [0.2, 0.25) is 0 Å². The van der Waals surface area contributed by atoms with Crippen molar-refractivity contribution in [2.75, 3.05) is 5.43 Å². The molecule has 0 fully saturated rings. The van der Waals surface area contributed by atoms with Gasteiger partial charge in [0.1, 0.15) is 9.85 Å². The van der Waals surface area contributed by atoms with Gasteiger partial charge in [0.25, 0.3) is 5.82 Å². The third-order valence-corrected chi connectivity index (χ3v) is 1.96. The minimum atomic E-state index is -2.47. The third-order valence-electron chi connectivity index (χ3n) is 1.96. The third kappa shape index (κ3) is 2.67. The number of hydrogen-bond acceptors (Lipinski definition) is 12. The summed E-state index contributed by atoms with van der Waals surface area (Å²) in [6.45, 7) is 0. The van der Waals surface area contributed by atoms with Crippen LogP contribution in [0.3, 0.4) is 0 Å². The molecule has 0 amide bonds. The summed E-state index contributed by atoms with van der Waals surface area (Å²) in [6, 6.07) is 0. The number of anilines is 1. The maximum atomic E-state index is 10.5. The maximum Gasteiger partial charge on any atom is 0.527 e. The monoisotopic (exact) mass is 302 g/mol. The predicted molar refractivity (Wildman–Crippen MR) is 54.9 cm³/mol. The van der Waals surface area contributed by atoms with Crippen molar-refractivity contribution in [1.82, 2.24) is 20.5 Å². The zero-order chi connectivity index (χ0) is 15.6. The Morgan fingerprint density at radius 1 is 1.05 bits per heavy atom. The van der Waals surface area contributed by atoms with Gasteiger partial charge in [-0.1, -0.05) is 10.6 Å². The number of hydrogen-bond donors (Lipinski definition) is 1. The van der Waals surface area contributed by atoms with E-state index in [0.29, 0.717) is 0 Å². The van der Waals surface area contributed by atoms with Crippen molar-refractivity contribution in [3.63, 3.8) is 0 Å². The van der Waals surface area contributed by atoms with E-state index in [9.17, 15) is 30.3 Å². The summed E-state index contributed by atoms with van der Waals surface area (Å²) in [5.74, 6) is -1.95. The van der Waals surface area contributed by atoms with Crippen LogP contribution in [0.15, 0.2) is 9.15 Å². The van der Waals surface area contributed by atoms with E-state index in [1.165, 1.54) is 0 Å². The number of nitrogens with zero attached hydrogens (tertiary/aromatic N) is 7. The fourth-order valence-corrected chi connectivity index (χ4v) is 1.19. The first-order valence-corrected chi connectivity index (χ1v) is 4.74. The molecule has 2 aromatic heterocycles. The molecule has 0 atom stereocenters. The topological polar surface area (TPSA) is 219 Å². The predicted octanol–water partition coefficient (Wildman–Crippen LogP) is -0.725. The summed E-state index contributed by atoms with van der Waals surface area (Å²) in [5.41, 5.74) is 1.19. The largest absolute Gasteiger partial charge is 0.527 e. The second-order valence-electron chi connectivity index (χ2n) is 3.23. The molecule has 0 radical (unpaired) electrons. The minimum absolute atomic E-state index is 0.410. The van der Waals surface area contributed by atoms with Crippen molar-refractivity contribution in [3.05, 3.63) is 36.2 Å². The van der Waals surface area contributed by atoms with E-state index in [1.54, 1.807) is 5.43 Å². The van der Waals surface area contributed by atoms with Gasteiger partial charge in [-0.2, -0.15) is 4.98 Å². The highest BCUT2D eigenvalue weighted by Crippen LogP contribution is 2.24. The molecule has 2 rings (SSSR count). The first-order valence-electron chi connectivity index (χ1n) is 4.74. The van der Waals surface area contributed by atoms with Crippen molar-refractivity contribution < 1.29 is 24.0 Å². The molecule has 16 nitrogen and oxygen atoms in total. The van der Waals surface area contributed by atoms with E-state index in [0.717, 1.165) is 0 Å². The van der Waals surface area contributed by atoms with E-state index < -0.39 is 44.3 Å². The smallest absolute Gasteiger partial charge is 0.323 e. The van der Waals surface area contributed by atoms with Gasteiger partial charge in [-0.05, 0) is 10.3 Å². The molecule has 16 heteroatoms. The SMILES string of the molecule is O=[N+]([O-])Nc1nonc1-c1noc(C([N+](=O)[O-])[N+](=O)[O-])n1. The molecule has 0 unspecified atom stereocenters. The molecule has 0 spiro atoms. The van der Waals surface area contributed by atoms with Gasteiger partial charge in [-0.25, -0.2) is 14.7 Å². The highest BCUT2D eigenvalue weighted by atomic mass is 16.7. The lowest BCUT2D eigenvalue weighted by Crippen LogP contribution is -2.19. The molecule has 0 bridgehead atoms. The van der Waals surface area contributed by atoms with Gasteiger partial charge in [0, 0.05) is 0 Å². The first-order chi connectivity index (χ1) is 9.90. The summed E-state index contributed by atoms with van der Waals surface area (Å²) in [7, 11) is 0. The van der Waals surface area contributed by atoms with Crippen LogP contribution in [0.25, 0.3) is 11.5 Å². The number of rotatable bonds is 6. The highest BCUT2D eigenvalue weighted by molar-refractivity contribution is 5.62. The van der Waals surface area contributed by atoms with Gasteiger partial charge in [-0.3, -0.25) is 20.2 Å². The van der Waals surface area contributed by atoms with Gasteiger partial charge in [0.2, 0.25) is 11.5 Å². The van der Waals surface area contributed by atoms with E-state index in [2.05, 4.69) is 29.6 Å². The number of nitrogens with one attached hydrogen (secondary N) is 1. The number of aromatic nitrogens is 4. The van der Waals surface area contributed by atoms with E-state index in [1.807, 2.05) is 0 Å². The van der Waals surface area contributed by atoms with E-state index >= 15 is 0 Å². The van der Waals surface area contributed by atoms with Crippen molar-refractivity contribution in [2.24, 2.45) is 0 Å². The number of hydrazine groups is 1. The Labute approximate surface area is 111 Å². The van der Waals surface area contributed by atoms with Crippen LogP contribution in [-0.4, -0.2) is 35.3 Å². The van der Waals surface area contributed by atoms with Gasteiger partial charge >= 0.3 is 12.1 Å². The molecule has 21 heavy (non-hydrogen) atoms. The molecular formula is C5H2N8O8. The highest BCUT2D eigenvalue weighted by Gasteiger charge is 2.42. The van der Waals surface area contributed by atoms with E-state index in [-0.39, 0.29) is 0 Å². The molecule has 1 N–H and O–H groups in total. The normalized spacial score (nSPS) is 10.5. The number of nitro groups is 3. The summed E-state index contributed by atoms with van der Waals surface area (Å²) in [4.78, 5) is 32.2. The molecule has 0 aromatic carbocycles. The van der Waals surface area contributed by atoms with Gasteiger partial charge in [0.05, 0.1) is 0 Å². The Morgan fingerprint density at radius 2 is 1.71 bits per heavy atom. The van der Waals surface area contributed by atoms with Crippen molar-refractivity contribution in [1.29, 1.82) is 0 Å². The molecule has 2 aromatic rings. The van der Waals surface area contributed by atoms with Crippen LogP contribution in [0, 0.1) is 30.3 Å². The quantitative estimate of drug-likeness (QED) is 0.395. The maximum absolute atomic E-state index is 10.5. The van der Waals surface area contributed by atoms with Gasteiger partial charge in [-0.15, -0.1) is 0 Å². The standard InChI is InChI=1S/C5H2N8O8/c14-11(15)5(12(16)17)4-6-2(9-20-4)1-3(7-13(18)19)10-21-8-1/h5H,(H,7,10). The Bertz CT molecular complexity index is 691. The first kappa shape index (κ1) is 13.7. The molecule has 0 aliphatic carbocycles. The zero-order valence-corrected chi connectivity index (χ0v) is 9.47. The lowest BCUT2D eigenvalue weighted by molar-refractivity contribution is -0.756. The van der Waals surface area contributed by atoms with Crippen LogP contribution in [0.5, 0.6) is 0 Å². The summed E-state index contributed by atoms with van der Waals surface area (Å²) < 4.78 is 8.59. The fraction of sp³-hybridized carbons (Fsp3) is 0.200. The van der Waals surface area contributed by atoms with Crippen LogP contribution in [0.4, 0.5) is 5.82 Å². The van der Waals surface area contributed by atoms with Crippen LogP contribution < -0.4 is 5.43 Å². The minimum Gasteiger partial charge on any atom is -0.323 e. The van der Waals surface area contributed by atoms with Gasteiger partial charge in [0.15, 0.2) is 5.03 Å². The second kappa shape index (κ2) is 5.11. The molecule has 0 aliphatic heterocycles. The lowest BCUT2D eigenvalue weighted by Gasteiger charge is -1.94. The van der Waals surface area contributed by atoms with Crippen LogP contribution in [0.1, 0.15) is 12.1 Å². The van der Waals surface area contributed by atoms with Crippen LogP contribution >= 0.6 is 0 Å². The second-order valence-corrected chi connectivity index (χ2v) is 3.23. The van der Waals surface area contributed by atoms with Crippen molar-refractivity contribution in [2.45, 2.75) is 6.17 Å². The average Bonchev–Trinajstić information content (AvgIpc) is 2.96. The lowest BCUT2D eigenvalue weighted by atomic mass is 10.4.